The van der Waals surface area contributed by atoms with Gasteiger partial charge in [0.05, 0.1) is 13.7 Å². The summed E-state index contributed by atoms with van der Waals surface area (Å²) in [5.41, 5.74) is 11.5. The predicted octanol–water partition coefficient (Wildman–Crippen LogP) is 3.76. The van der Waals surface area contributed by atoms with Gasteiger partial charge < -0.3 is 4.74 Å². The minimum atomic E-state index is 0.00240. The van der Waals surface area contributed by atoms with Crippen molar-refractivity contribution in [3.63, 3.8) is 0 Å². The fourth-order valence-electron chi connectivity index (χ4n) is 3.53. The summed E-state index contributed by atoms with van der Waals surface area (Å²) in [4.78, 5) is 12.9. The number of methoxy groups -OCH3 is 1. The Morgan fingerprint density at radius 1 is 1.00 bits per heavy atom. The average molecular weight is 386 g/mol. The van der Waals surface area contributed by atoms with E-state index >= 15 is 0 Å². The van der Waals surface area contributed by atoms with E-state index in [9.17, 15) is 4.79 Å². The number of hydrogen-bond donors (Lipinski definition) is 1. The number of aryl methyl sites for hydroxylation is 1. The minimum Gasteiger partial charge on any atom is -0.497 e. The molecule has 0 amide bonds. The normalized spacial score (nSPS) is 11.0. The summed E-state index contributed by atoms with van der Waals surface area (Å²) in [6.45, 7) is 2.90. The predicted molar refractivity (Wildman–Crippen MR) is 114 cm³/mol. The van der Waals surface area contributed by atoms with Crippen LogP contribution in [-0.4, -0.2) is 17.5 Å². The number of imidazole rings is 1. The van der Waals surface area contributed by atoms with Crippen LogP contribution in [0.25, 0.3) is 11.0 Å². The highest BCUT2D eigenvalue weighted by atomic mass is 16.5. The fourth-order valence-corrected chi connectivity index (χ4v) is 3.53. The number of para-hydroxylation sites is 2. The quantitative estimate of drug-likeness (QED) is 0.405. The van der Waals surface area contributed by atoms with Gasteiger partial charge in [-0.25, -0.2) is 9.13 Å². The van der Waals surface area contributed by atoms with E-state index < -0.39 is 0 Å². The molecule has 1 aromatic heterocycles. The largest absolute Gasteiger partial charge is 0.497 e. The van der Waals surface area contributed by atoms with Gasteiger partial charge in [-0.15, -0.1) is 0 Å². The summed E-state index contributed by atoms with van der Waals surface area (Å²) >= 11 is 0. The Hall–Kier alpha value is -3.60. The summed E-state index contributed by atoms with van der Waals surface area (Å²) in [6.07, 6.45) is 0. The second-order valence-corrected chi connectivity index (χ2v) is 7.16. The first-order chi connectivity index (χ1) is 14.1. The molecule has 0 aliphatic rings. The van der Waals surface area contributed by atoms with Gasteiger partial charge in [0.25, 0.3) is 0 Å². The van der Waals surface area contributed by atoms with Crippen molar-refractivity contribution < 1.29 is 14.1 Å². The van der Waals surface area contributed by atoms with Gasteiger partial charge in [-0.3, -0.25) is 10.5 Å². The van der Waals surface area contributed by atoms with Crippen molar-refractivity contribution in [2.45, 2.75) is 20.0 Å². The maximum Gasteiger partial charge on any atom is 0.356 e. The van der Waals surface area contributed by atoms with Crippen molar-refractivity contribution in [3.8, 4) is 5.75 Å². The van der Waals surface area contributed by atoms with Gasteiger partial charge in [0.2, 0.25) is 0 Å². The number of nitrogen functional groups attached to an aromatic ring is 1. The maximum atomic E-state index is 12.9. The Labute approximate surface area is 170 Å². The Morgan fingerprint density at radius 3 is 2.38 bits per heavy atom. The number of carbonyl (C=O) groups excluding carboxylic acids is 1. The van der Waals surface area contributed by atoms with Crippen LogP contribution in [0.4, 0.5) is 5.95 Å². The average Bonchev–Trinajstić information content (AvgIpc) is 3.01. The monoisotopic (exact) mass is 386 g/mol. The lowest BCUT2D eigenvalue weighted by Gasteiger charge is -2.04. The van der Waals surface area contributed by atoms with Crippen LogP contribution in [-0.2, 0) is 13.1 Å². The van der Waals surface area contributed by atoms with Crippen molar-refractivity contribution >= 4 is 22.8 Å². The van der Waals surface area contributed by atoms with E-state index in [1.54, 1.807) is 31.4 Å². The first-order valence-electron chi connectivity index (χ1n) is 9.56. The molecule has 2 N–H and O–H groups in total. The van der Waals surface area contributed by atoms with E-state index in [2.05, 4.69) is 35.8 Å². The molecule has 0 spiro atoms. The molecule has 0 unspecified atom stereocenters. The molecule has 0 radical (unpaired) electrons. The SMILES string of the molecule is COc1ccc(C(=O)Cn2c(N)[n+](Cc3ccc(C)cc3)c3ccccc32)cc1. The highest BCUT2D eigenvalue weighted by Crippen LogP contribution is 2.19. The van der Waals surface area contributed by atoms with Crippen LogP contribution >= 0.6 is 0 Å². The van der Waals surface area contributed by atoms with Crippen molar-refractivity contribution in [1.29, 1.82) is 0 Å². The Bertz CT molecular complexity index is 1160. The number of anilines is 1. The van der Waals surface area contributed by atoms with Crippen LogP contribution in [0.5, 0.6) is 5.75 Å². The van der Waals surface area contributed by atoms with Gasteiger partial charge in [0.1, 0.15) is 23.3 Å². The van der Waals surface area contributed by atoms with E-state index in [1.165, 1.54) is 5.56 Å². The minimum absolute atomic E-state index is 0.00240. The molecule has 4 rings (SSSR count). The van der Waals surface area contributed by atoms with Crippen molar-refractivity contribution in [2.75, 3.05) is 12.8 Å². The van der Waals surface area contributed by atoms with E-state index in [4.69, 9.17) is 10.5 Å². The molecule has 0 atom stereocenters. The lowest BCUT2D eigenvalue weighted by Crippen LogP contribution is -2.37. The van der Waals surface area contributed by atoms with Crippen LogP contribution in [0.1, 0.15) is 21.5 Å². The van der Waals surface area contributed by atoms with Crippen LogP contribution < -0.4 is 15.0 Å². The molecule has 0 aliphatic carbocycles. The second-order valence-electron chi connectivity index (χ2n) is 7.16. The summed E-state index contributed by atoms with van der Waals surface area (Å²) in [7, 11) is 1.61. The van der Waals surface area contributed by atoms with Crippen LogP contribution in [0.3, 0.4) is 0 Å². The van der Waals surface area contributed by atoms with Crippen LogP contribution in [0.2, 0.25) is 0 Å². The molecule has 3 aromatic carbocycles. The van der Waals surface area contributed by atoms with Gasteiger partial charge in [0.15, 0.2) is 5.78 Å². The number of hydrogen-bond acceptors (Lipinski definition) is 3. The topological polar surface area (TPSA) is 61.1 Å². The zero-order valence-electron chi connectivity index (χ0n) is 16.6. The van der Waals surface area contributed by atoms with Crippen molar-refractivity contribution in [3.05, 3.63) is 89.5 Å². The van der Waals surface area contributed by atoms with Gasteiger partial charge in [0, 0.05) is 5.56 Å². The van der Waals surface area contributed by atoms with Gasteiger partial charge >= 0.3 is 5.95 Å². The first-order valence-corrected chi connectivity index (χ1v) is 9.56. The summed E-state index contributed by atoms with van der Waals surface area (Å²) in [6, 6.07) is 23.5. The Morgan fingerprint density at radius 2 is 1.69 bits per heavy atom. The molecule has 4 aromatic rings. The number of benzene rings is 3. The third-order valence-electron chi connectivity index (χ3n) is 5.19. The molecule has 0 bridgehead atoms. The van der Waals surface area contributed by atoms with Crippen LogP contribution in [0.15, 0.2) is 72.8 Å². The zero-order valence-corrected chi connectivity index (χ0v) is 16.6. The van der Waals surface area contributed by atoms with Gasteiger partial charge in [-0.05, 0) is 48.9 Å². The molecule has 146 valence electrons. The molecule has 0 fully saturated rings. The van der Waals surface area contributed by atoms with E-state index in [0.29, 0.717) is 18.1 Å². The molecule has 0 saturated carbocycles. The number of ketones is 1. The molecular formula is C24H24N3O2+. The molecule has 0 saturated heterocycles. The zero-order chi connectivity index (χ0) is 20.4. The number of nitrogens with two attached hydrogens (primary N) is 1. The van der Waals surface area contributed by atoms with Crippen molar-refractivity contribution in [2.24, 2.45) is 0 Å². The Kier molecular flexibility index (Phi) is 5.04. The summed E-state index contributed by atoms with van der Waals surface area (Å²) in [5, 5.41) is 0. The first kappa shape index (κ1) is 18.7. The number of carbonyl (C=O) groups is 1. The standard InChI is InChI=1S/C24H23N3O2/c1-17-7-9-18(10-8-17)15-26-21-5-3-4-6-22(21)27(24(26)25)16-23(28)19-11-13-20(29-2)14-12-19/h3-14,25H,15-16H2,1-2H3/p+1. The molecule has 1 heterocycles. The van der Waals surface area contributed by atoms with Crippen molar-refractivity contribution in [1.82, 2.24) is 4.57 Å². The highest BCUT2D eigenvalue weighted by molar-refractivity contribution is 5.97. The third-order valence-corrected chi connectivity index (χ3v) is 5.19. The number of rotatable bonds is 6. The molecule has 29 heavy (non-hydrogen) atoms. The molecule has 0 aliphatic heterocycles. The fraction of sp³-hybridized carbons (Fsp3) is 0.167. The molecule has 5 heteroatoms. The lowest BCUT2D eigenvalue weighted by atomic mass is 10.1. The summed E-state index contributed by atoms with van der Waals surface area (Å²) in [5.74, 6) is 1.29. The second kappa shape index (κ2) is 7.80. The summed E-state index contributed by atoms with van der Waals surface area (Å²) < 4.78 is 9.11. The van der Waals surface area contributed by atoms with Crippen LogP contribution in [0, 0.1) is 6.92 Å². The van der Waals surface area contributed by atoms with Gasteiger partial charge in [-0.2, -0.15) is 0 Å². The van der Waals surface area contributed by atoms with E-state index in [-0.39, 0.29) is 12.3 Å². The molecule has 5 nitrogen and oxygen atoms in total. The lowest BCUT2D eigenvalue weighted by molar-refractivity contribution is -0.648. The van der Waals surface area contributed by atoms with E-state index in [0.717, 1.165) is 22.3 Å². The number of aromatic nitrogens is 2. The van der Waals surface area contributed by atoms with E-state index in [1.807, 2.05) is 28.8 Å². The number of Topliss-reactive ketones (excluding diaryl/α,β-unsaturated/α-hetero) is 1. The number of ether oxygens (including phenoxy) is 1. The maximum absolute atomic E-state index is 12.9. The highest BCUT2D eigenvalue weighted by Gasteiger charge is 2.23. The number of fused-ring (bicyclic) bond motifs is 1. The third kappa shape index (κ3) is 3.72. The Balaban J connectivity index is 1.69. The molecular weight excluding hydrogens is 362 g/mol. The van der Waals surface area contributed by atoms with Gasteiger partial charge in [-0.1, -0.05) is 42.0 Å². The smallest absolute Gasteiger partial charge is 0.356 e. The number of nitrogens with zero attached hydrogens (tertiary/aromatic N) is 2.